The van der Waals surface area contributed by atoms with Gasteiger partial charge in [0.2, 0.25) is 10.0 Å². The molecule has 1 fully saturated rings. The summed E-state index contributed by atoms with van der Waals surface area (Å²) in [4.78, 5) is 15.2. The van der Waals surface area contributed by atoms with Gasteiger partial charge in [0.15, 0.2) is 0 Å². The molecule has 3 aromatic carbocycles. The molecule has 2 aliphatic rings. The maximum atomic E-state index is 12.7. The summed E-state index contributed by atoms with van der Waals surface area (Å²) in [5, 5.41) is 12.4. The van der Waals surface area contributed by atoms with Gasteiger partial charge in [-0.25, -0.2) is 8.42 Å². The molecule has 5 rings (SSSR count). The van der Waals surface area contributed by atoms with Gasteiger partial charge >= 0.3 is 0 Å². The van der Waals surface area contributed by atoms with E-state index in [9.17, 15) is 18.3 Å². The molecule has 3 aromatic rings. The van der Waals surface area contributed by atoms with E-state index < -0.39 is 10.0 Å². The van der Waals surface area contributed by atoms with Crippen molar-refractivity contribution in [2.45, 2.75) is 57.3 Å². The van der Waals surface area contributed by atoms with E-state index in [-0.39, 0.29) is 12.5 Å². The van der Waals surface area contributed by atoms with Crippen LogP contribution >= 0.6 is 0 Å². The predicted molar refractivity (Wildman–Crippen MR) is 176 cm³/mol. The lowest BCUT2D eigenvalue weighted by atomic mass is 9.83. The van der Waals surface area contributed by atoms with Crippen LogP contribution in [0.3, 0.4) is 0 Å². The SMILES string of the molecule is CS(=O)(=O)Nc1ccc(-c2ccc(C(=O)NCCCCN3CCC(c4ccc5c(c4OCCO)CCCC5)CC3)cc2)cc1. The van der Waals surface area contributed by atoms with Gasteiger partial charge in [-0.05, 0) is 129 Å². The number of carbonyl (C=O) groups excluding carboxylic acids is 1. The molecule has 1 aliphatic heterocycles. The monoisotopic (exact) mass is 619 g/mol. The first-order chi connectivity index (χ1) is 21.3. The number of benzene rings is 3. The number of aryl methyl sites for hydroxylation is 1. The molecule has 0 radical (unpaired) electrons. The number of likely N-dealkylation sites (tertiary alicyclic amines) is 1. The lowest BCUT2D eigenvalue weighted by Gasteiger charge is -2.34. The molecule has 1 aliphatic carbocycles. The van der Waals surface area contributed by atoms with Gasteiger partial charge in [0.1, 0.15) is 12.4 Å². The van der Waals surface area contributed by atoms with E-state index in [1.165, 1.54) is 29.5 Å². The van der Waals surface area contributed by atoms with Crippen molar-refractivity contribution < 1.29 is 23.1 Å². The van der Waals surface area contributed by atoms with E-state index in [1.807, 2.05) is 36.4 Å². The van der Waals surface area contributed by atoms with Crippen LogP contribution in [0.15, 0.2) is 60.7 Å². The molecule has 1 heterocycles. The van der Waals surface area contributed by atoms with Crippen LogP contribution in [0.25, 0.3) is 11.1 Å². The van der Waals surface area contributed by atoms with Gasteiger partial charge in [0, 0.05) is 17.8 Å². The Balaban J connectivity index is 1.03. The summed E-state index contributed by atoms with van der Waals surface area (Å²) in [6.45, 7) is 4.21. The summed E-state index contributed by atoms with van der Waals surface area (Å²) in [6, 6.07) is 19.2. The largest absolute Gasteiger partial charge is 0.491 e. The number of amides is 1. The number of aliphatic hydroxyl groups is 1. The van der Waals surface area contributed by atoms with Crippen molar-refractivity contribution in [3.63, 3.8) is 0 Å². The molecule has 1 saturated heterocycles. The fourth-order valence-electron chi connectivity index (χ4n) is 6.44. The van der Waals surface area contributed by atoms with Crippen LogP contribution in [-0.2, 0) is 22.9 Å². The van der Waals surface area contributed by atoms with Crippen molar-refractivity contribution in [3.05, 3.63) is 82.9 Å². The maximum absolute atomic E-state index is 12.7. The number of unbranched alkanes of at least 4 members (excludes halogenated alkanes) is 1. The fourth-order valence-corrected chi connectivity index (χ4v) is 7.01. The Kier molecular flexibility index (Phi) is 11.0. The quantitative estimate of drug-likeness (QED) is 0.222. The topological polar surface area (TPSA) is 108 Å². The summed E-state index contributed by atoms with van der Waals surface area (Å²) in [6.07, 6.45) is 9.98. The van der Waals surface area contributed by atoms with E-state index in [0.29, 0.717) is 30.3 Å². The molecule has 9 heteroatoms. The average molecular weight is 620 g/mol. The summed E-state index contributed by atoms with van der Waals surface area (Å²) >= 11 is 0. The Hall–Kier alpha value is -3.40. The minimum absolute atomic E-state index is 0.0409. The highest BCUT2D eigenvalue weighted by atomic mass is 32.2. The second kappa shape index (κ2) is 15.1. The number of nitrogens with zero attached hydrogens (tertiary/aromatic N) is 1. The van der Waals surface area contributed by atoms with Gasteiger partial charge in [-0.3, -0.25) is 9.52 Å². The summed E-state index contributed by atoms with van der Waals surface area (Å²) in [5.41, 5.74) is 7.16. The number of aliphatic hydroxyl groups excluding tert-OH is 1. The molecule has 0 bridgehead atoms. The van der Waals surface area contributed by atoms with Crippen molar-refractivity contribution >= 4 is 21.6 Å². The second-order valence-electron chi connectivity index (χ2n) is 12.0. The molecule has 0 atom stereocenters. The van der Waals surface area contributed by atoms with E-state index in [2.05, 4.69) is 27.1 Å². The van der Waals surface area contributed by atoms with E-state index in [1.54, 1.807) is 12.1 Å². The van der Waals surface area contributed by atoms with Crippen LogP contribution in [0.4, 0.5) is 5.69 Å². The number of hydrogen-bond donors (Lipinski definition) is 3. The van der Waals surface area contributed by atoms with Crippen molar-refractivity contribution in [1.82, 2.24) is 10.2 Å². The third-order valence-electron chi connectivity index (χ3n) is 8.73. The number of hydrogen-bond acceptors (Lipinski definition) is 6. The number of anilines is 1. The number of rotatable bonds is 13. The molecule has 0 saturated carbocycles. The normalized spacial score (nSPS) is 15.9. The fraction of sp³-hybridized carbons (Fsp3) is 0.457. The van der Waals surface area contributed by atoms with Crippen LogP contribution < -0.4 is 14.8 Å². The van der Waals surface area contributed by atoms with Crippen LogP contribution in [0.5, 0.6) is 5.75 Å². The zero-order valence-electron chi connectivity index (χ0n) is 25.7. The predicted octanol–water partition coefficient (Wildman–Crippen LogP) is 5.36. The number of fused-ring (bicyclic) bond motifs is 1. The highest BCUT2D eigenvalue weighted by Crippen LogP contribution is 2.40. The van der Waals surface area contributed by atoms with Crippen molar-refractivity contribution in [2.24, 2.45) is 0 Å². The molecular formula is C35H45N3O5S. The summed E-state index contributed by atoms with van der Waals surface area (Å²) in [7, 11) is -3.31. The second-order valence-corrected chi connectivity index (χ2v) is 13.8. The summed E-state index contributed by atoms with van der Waals surface area (Å²) < 4.78 is 31.4. The first-order valence-corrected chi connectivity index (χ1v) is 17.8. The Morgan fingerprint density at radius 1 is 0.932 bits per heavy atom. The smallest absolute Gasteiger partial charge is 0.251 e. The molecule has 236 valence electrons. The Morgan fingerprint density at radius 2 is 1.61 bits per heavy atom. The Morgan fingerprint density at radius 3 is 2.30 bits per heavy atom. The molecule has 44 heavy (non-hydrogen) atoms. The van der Waals surface area contributed by atoms with Crippen molar-refractivity contribution in [1.29, 1.82) is 0 Å². The van der Waals surface area contributed by atoms with Crippen molar-refractivity contribution in [2.75, 3.05) is 50.4 Å². The summed E-state index contributed by atoms with van der Waals surface area (Å²) in [5.74, 6) is 1.47. The standard InChI is InChI=1S/C35H45N3O5S/c1-44(41,42)37-31-15-12-27(13-16-31)26-8-10-30(11-9-26)35(40)36-20-4-5-21-38-22-18-29(19-23-38)33-17-14-28-6-2-3-7-32(28)34(33)43-25-24-39/h8-17,29,37,39H,2-7,18-25H2,1H3,(H,36,40). The third-order valence-corrected chi connectivity index (χ3v) is 9.34. The van der Waals surface area contributed by atoms with E-state index in [0.717, 1.165) is 81.3 Å². The minimum atomic E-state index is -3.31. The number of piperidine rings is 1. The van der Waals surface area contributed by atoms with Crippen LogP contribution in [0.2, 0.25) is 0 Å². The van der Waals surface area contributed by atoms with Crippen LogP contribution in [0, 0.1) is 0 Å². The van der Waals surface area contributed by atoms with Gasteiger partial charge in [0.25, 0.3) is 5.91 Å². The van der Waals surface area contributed by atoms with Gasteiger partial charge in [-0.15, -0.1) is 0 Å². The van der Waals surface area contributed by atoms with Crippen LogP contribution in [0.1, 0.15) is 71.5 Å². The molecule has 0 unspecified atom stereocenters. The van der Waals surface area contributed by atoms with Crippen molar-refractivity contribution in [3.8, 4) is 16.9 Å². The van der Waals surface area contributed by atoms with Gasteiger partial charge in [-0.1, -0.05) is 36.4 Å². The van der Waals surface area contributed by atoms with Crippen LogP contribution in [-0.4, -0.2) is 70.0 Å². The number of carbonyl (C=O) groups is 1. The Labute approximate surface area is 261 Å². The third kappa shape index (κ3) is 8.61. The number of sulfonamides is 1. The molecule has 1 amide bonds. The lowest BCUT2D eigenvalue weighted by Crippen LogP contribution is -2.34. The molecule has 3 N–H and O–H groups in total. The van der Waals surface area contributed by atoms with Gasteiger partial charge in [0.05, 0.1) is 12.9 Å². The number of nitrogens with one attached hydrogen (secondary N) is 2. The number of ether oxygens (including phenoxy) is 1. The van der Waals surface area contributed by atoms with Gasteiger partial charge < -0.3 is 20.1 Å². The molecular weight excluding hydrogens is 574 g/mol. The highest BCUT2D eigenvalue weighted by Gasteiger charge is 2.26. The molecule has 8 nitrogen and oxygen atoms in total. The maximum Gasteiger partial charge on any atom is 0.251 e. The van der Waals surface area contributed by atoms with E-state index in [4.69, 9.17) is 4.74 Å². The zero-order valence-corrected chi connectivity index (χ0v) is 26.5. The molecule has 0 aromatic heterocycles. The first-order valence-electron chi connectivity index (χ1n) is 15.9. The van der Waals surface area contributed by atoms with Gasteiger partial charge in [-0.2, -0.15) is 0 Å². The zero-order chi connectivity index (χ0) is 30.9. The average Bonchev–Trinajstić information content (AvgIpc) is 3.03. The van der Waals surface area contributed by atoms with E-state index >= 15 is 0 Å². The highest BCUT2D eigenvalue weighted by molar-refractivity contribution is 7.92. The first kappa shape index (κ1) is 32.0. The lowest BCUT2D eigenvalue weighted by molar-refractivity contribution is 0.0952. The minimum Gasteiger partial charge on any atom is -0.491 e. The molecule has 0 spiro atoms. The Bertz CT molecular complexity index is 1500.